The molecule has 2 aromatic rings. The minimum absolute atomic E-state index is 0.148. The fourth-order valence-electron chi connectivity index (χ4n) is 3.88. The zero-order valence-corrected chi connectivity index (χ0v) is 17.8. The molecule has 2 N–H and O–H groups in total. The second-order valence-corrected chi connectivity index (χ2v) is 7.51. The predicted octanol–water partition coefficient (Wildman–Crippen LogP) is 3.78. The van der Waals surface area contributed by atoms with Crippen LogP contribution in [0.5, 0.6) is 0 Å². The van der Waals surface area contributed by atoms with E-state index in [9.17, 15) is 27.6 Å². The molecule has 0 aromatic heterocycles. The van der Waals surface area contributed by atoms with Crippen LogP contribution in [0.4, 0.5) is 18.0 Å². The smallest absolute Gasteiger partial charge is 0.417 e. The van der Waals surface area contributed by atoms with Crippen molar-refractivity contribution in [3.8, 4) is 11.1 Å². The van der Waals surface area contributed by atoms with Gasteiger partial charge in [0, 0.05) is 19.0 Å². The zero-order chi connectivity index (χ0) is 24.2. The van der Waals surface area contributed by atoms with Crippen LogP contribution in [0.25, 0.3) is 11.1 Å². The third-order valence-electron chi connectivity index (χ3n) is 5.47. The van der Waals surface area contributed by atoms with E-state index in [1.54, 1.807) is 5.32 Å². The number of benzene rings is 2. The van der Waals surface area contributed by atoms with E-state index in [4.69, 9.17) is 9.84 Å². The number of carboxylic acid groups (broad SMARTS) is 1. The number of alkyl carbamates (subject to hydrolysis) is 1. The Morgan fingerprint density at radius 3 is 2.09 bits per heavy atom. The normalized spacial score (nSPS) is 13.6. The monoisotopic (exact) mass is 464 g/mol. The Balaban J connectivity index is 1.70. The Morgan fingerprint density at radius 2 is 1.61 bits per heavy atom. The quantitative estimate of drug-likeness (QED) is 0.620. The maximum Gasteiger partial charge on any atom is 0.417 e. The molecule has 0 radical (unpaired) electrons. The summed E-state index contributed by atoms with van der Waals surface area (Å²) in [4.78, 5) is 36.1. The SMILES string of the molecule is CCN(CCC(=O)O)C(=O)C(NC(=O)OCC1c2ccccc2-c2ccccc21)C(F)(F)F. The molecule has 0 fully saturated rings. The summed E-state index contributed by atoms with van der Waals surface area (Å²) < 4.78 is 45.7. The summed E-state index contributed by atoms with van der Waals surface area (Å²) in [6.07, 6.45) is -6.99. The standard InChI is InChI=1S/C23H23F3N2O5/c1-2-28(12-11-19(29)30)21(31)20(23(24,25)26)27-22(32)33-13-18-16-9-5-3-7-14(16)15-8-4-6-10-17(15)18/h3-10,18,20H,2,11-13H2,1H3,(H,27,32)(H,29,30). The van der Waals surface area contributed by atoms with E-state index in [1.807, 2.05) is 48.5 Å². The number of aliphatic carboxylic acids is 1. The van der Waals surface area contributed by atoms with Crippen LogP contribution in [0.3, 0.4) is 0 Å². The lowest BCUT2D eigenvalue weighted by molar-refractivity contribution is -0.174. The van der Waals surface area contributed by atoms with E-state index in [0.717, 1.165) is 27.2 Å². The third kappa shape index (κ3) is 5.44. The minimum atomic E-state index is -5.08. The van der Waals surface area contributed by atoms with Gasteiger partial charge in [0.15, 0.2) is 0 Å². The first-order chi connectivity index (χ1) is 15.6. The molecule has 0 aliphatic heterocycles. The van der Waals surface area contributed by atoms with Gasteiger partial charge in [-0.1, -0.05) is 48.5 Å². The predicted molar refractivity (Wildman–Crippen MR) is 113 cm³/mol. The highest BCUT2D eigenvalue weighted by molar-refractivity contribution is 5.87. The molecule has 0 spiro atoms. The van der Waals surface area contributed by atoms with Gasteiger partial charge in [-0.15, -0.1) is 0 Å². The van der Waals surface area contributed by atoms with Gasteiger partial charge < -0.3 is 20.1 Å². The summed E-state index contributed by atoms with van der Waals surface area (Å²) >= 11 is 0. The molecule has 0 saturated heterocycles. The van der Waals surface area contributed by atoms with Crippen LogP contribution in [0, 0.1) is 0 Å². The molecule has 1 aliphatic carbocycles. The van der Waals surface area contributed by atoms with Crippen LogP contribution in [-0.2, 0) is 14.3 Å². The molecule has 0 heterocycles. The zero-order valence-electron chi connectivity index (χ0n) is 17.8. The molecule has 1 unspecified atom stereocenters. The van der Waals surface area contributed by atoms with E-state index >= 15 is 0 Å². The molecule has 10 heteroatoms. The number of carboxylic acids is 1. The number of hydrogen-bond donors (Lipinski definition) is 2. The van der Waals surface area contributed by atoms with Crippen molar-refractivity contribution in [3.05, 3.63) is 59.7 Å². The first-order valence-electron chi connectivity index (χ1n) is 10.3. The van der Waals surface area contributed by atoms with Gasteiger partial charge in [0.05, 0.1) is 6.42 Å². The van der Waals surface area contributed by atoms with Crippen molar-refractivity contribution in [2.24, 2.45) is 0 Å². The van der Waals surface area contributed by atoms with Crippen molar-refractivity contribution in [3.63, 3.8) is 0 Å². The summed E-state index contributed by atoms with van der Waals surface area (Å²) in [5.74, 6) is -3.06. The second-order valence-electron chi connectivity index (χ2n) is 7.51. The average molecular weight is 464 g/mol. The second kappa shape index (κ2) is 9.93. The Morgan fingerprint density at radius 1 is 1.06 bits per heavy atom. The highest BCUT2D eigenvalue weighted by Gasteiger charge is 2.48. The van der Waals surface area contributed by atoms with Crippen molar-refractivity contribution in [2.75, 3.05) is 19.7 Å². The minimum Gasteiger partial charge on any atom is -0.481 e. The molecule has 2 amide bonds. The van der Waals surface area contributed by atoms with E-state index in [-0.39, 0.29) is 19.1 Å². The molecule has 0 saturated carbocycles. The fraction of sp³-hybridized carbons (Fsp3) is 0.348. The van der Waals surface area contributed by atoms with E-state index in [2.05, 4.69) is 0 Å². The number of carbonyl (C=O) groups excluding carboxylic acids is 2. The van der Waals surface area contributed by atoms with Gasteiger partial charge in [-0.2, -0.15) is 13.2 Å². The van der Waals surface area contributed by atoms with E-state index < -0.39 is 43.2 Å². The molecule has 33 heavy (non-hydrogen) atoms. The van der Waals surface area contributed by atoms with Gasteiger partial charge in [0.1, 0.15) is 6.61 Å². The summed E-state index contributed by atoms with van der Waals surface area (Å²) in [5, 5.41) is 10.4. The molecular weight excluding hydrogens is 441 g/mol. The number of ether oxygens (including phenoxy) is 1. The first-order valence-corrected chi connectivity index (χ1v) is 10.3. The maximum absolute atomic E-state index is 13.5. The number of halogens is 3. The van der Waals surface area contributed by atoms with Crippen molar-refractivity contribution in [2.45, 2.75) is 31.5 Å². The van der Waals surface area contributed by atoms with Gasteiger partial charge in [-0.3, -0.25) is 9.59 Å². The number of alkyl halides is 3. The number of fused-ring (bicyclic) bond motifs is 3. The fourth-order valence-corrected chi connectivity index (χ4v) is 3.88. The topological polar surface area (TPSA) is 95.9 Å². The Hall–Kier alpha value is -3.56. The van der Waals surface area contributed by atoms with Gasteiger partial charge in [-0.25, -0.2) is 4.79 Å². The number of carbonyl (C=O) groups is 3. The number of nitrogens with one attached hydrogen (secondary N) is 1. The molecule has 1 aliphatic rings. The Labute approximate surface area is 188 Å². The lowest BCUT2D eigenvalue weighted by atomic mass is 9.98. The van der Waals surface area contributed by atoms with Crippen LogP contribution < -0.4 is 5.32 Å². The number of rotatable bonds is 8. The molecule has 1 atom stereocenters. The molecule has 176 valence electrons. The van der Waals surface area contributed by atoms with Crippen LogP contribution >= 0.6 is 0 Å². The van der Waals surface area contributed by atoms with Crippen LogP contribution in [0.2, 0.25) is 0 Å². The van der Waals surface area contributed by atoms with Crippen molar-refractivity contribution in [1.82, 2.24) is 10.2 Å². The first kappa shape index (κ1) is 24.1. The number of amides is 2. The Kier molecular flexibility index (Phi) is 7.25. The highest BCUT2D eigenvalue weighted by Crippen LogP contribution is 2.44. The molecule has 0 bridgehead atoms. The van der Waals surface area contributed by atoms with Gasteiger partial charge in [-0.05, 0) is 29.2 Å². The summed E-state index contributed by atoms with van der Waals surface area (Å²) in [6, 6.07) is 12.1. The lowest BCUT2D eigenvalue weighted by Crippen LogP contribution is -2.56. The van der Waals surface area contributed by atoms with Crippen molar-refractivity contribution in [1.29, 1.82) is 0 Å². The third-order valence-corrected chi connectivity index (χ3v) is 5.47. The van der Waals surface area contributed by atoms with Crippen LogP contribution in [0.1, 0.15) is 30.4 Å². The number of nitrogens with zero attached hydrogens (tertiary/aromatic N) is 1. The highest BCUT2D eigenvalue weighted by atomic mass is 19.4. The van der Waals surface area contributed by atoms with Gasteiger partial charge >= 0.3 is 18.2 Å². The van der Waals surface area contributed by atoms with Gasteiger partial charge in [0.25, 0.3) is 5.91 Å². The van der Waals surface area contributed by atoms with E-state index in [0.29, 0.717) is 0 Å². The number of hydrogen-bond acceptors (Lipinski definition) is 4. The van der Waals surface area contributed by atoms with E-state index in [1.165, 1.54) is 6.92 Å². The van der Waals surface area contributed by atoms with Crippen LogP contribution in [0.15, 0.2) is 48.5 Å². The van der Waals surface area contributed by atoms with Crippen molar-refractivity contribution < 1.29 is 37.4 Å². The summed E-state index contributed by atoms with van der Waals surface area (Å²) in [7, 11) is 0. The number of likely N-dealkylation sites (N-methyl/N-ethyl adjacent to an activating group) is 1. The molecular formula is C23H23F3N2O5. The molecule has 3 rings (SSSR count). The lowest BCUT2D eigenvalue weighted by Gasteiger charge is -2.27. The Bertz CT molecular complexity index is 995. The molecule has 7 nitrogen and oxygen atoms in total. The van der Waals surface area contributed by atoms with Crippen LogP contribution in [-0.4, -0.2) is 59.9 Å². The average Bonchev–Trinajstić information content (AvgIpc) is 3.09. The van der Waals surface area contributed by atoms with Gasteiger partial charge in [0.2, 0.25) is 6.04 Å². The largest absolute Gasteiger partial charge is 0.481 e. The summed E-state index contributed by atoms with van der Waals surface area (Å²) in [5.41, 5.74) is 3.70. The summed E-state index contributed by atoms with van der Waals surface area (Å²) in [6.45, 7) is 0.643. The maximum atomic E-state index is 13.5. The molecule has 2 aromatic carbocycles. The van der Waals surface area contributed by atoms with Crippen molar-refractivity contribution >= 4 is 18.0 Å².